The summed E-state index contributed by atoms with van der Waals surface area (Å²) < 4.78 is 10.1. The summed E-state index contributed by atoms with van der Waals surface area (Å²) in [5, 5.41) is 12.1. The number of halogens is 1. The summed E-state index contributed by atoms with van der Waals surface area (Å²) in [5.41, 5.74) is 0.0617. The molecule has 0 amide bonds. The number of hydrogen-bond acceptors (Lipinski definition) is 5. The van der Waals surface area contributed by atoms with Crippen LogP contribution in [0.3, 0.4) is 0 Å². The van der Waals surface area contributed by atoms with Crippen molar-refractivity contribution in [3.63, 3.8) is 0 Å². The van der Waals surface area contributed by atoms with Crippen molar-refractivity contribution in [2.45, 2.75) is 6.10 Å². The fourth-order valence-electron chi connectivity index (χ4n) is 1.35. The molecular weight excluding hydrogens is 260 g/mol. The lowest BCUT2D eigenvalue weighted by Gasteiger charge is -2.16. The summed E-state index contributed by atoms with van der Waals surface area (Å²) in [6.07, 6.45) is -0.197. The number of nitrogens with one attached hydrogen (secondary N) is 1. The van der Waals surface area contributed by atoms with Gasteiger partial charge in [0.25, 0.3) is 0 Å². The van der Waals surface area contributed by atoms with E-state index in [0.29, 0.717) is 13.2 Å². The summed E-state index contributed by atoms with van der Waals surface area (Å²) >= 11 is 5.73. The highest BCUT2D eigenvalue weighted by atomic mass is 35.5. The highest BCUT2D eigenvalue weighted by molar-refractivity contribution is 6.29. The average Bonchev–Trinajstić information content (AvgIpc) is 2.34. The van der Waals surface area contributed by atoms with Gasteiger partial charge >= 0.3 is 5.97 Å². The number of carboxylic acids is 1. The second kappa shape index (κ2) is 7.15. The minimum atomic E-state index is -1.07. The fraction of sp³-hybridized carbons (Fsp3) is 0.455. The van der Waals surface area contributed by atoms with Gasteiger partial charge in [-0.3, -0.25) is 0 Å². The van der Waals surface area contributed by atoms with E-state index in [2.05, 4.69) is 10.3 Å². The van der Waals surface area contributed by atoms with Gasteiger partial charge in [0.05, 0.1) is 12.7 Å². The molecule has 7 heteroatoms. The third-order valence-electron chi connectivity index (χ3n) is 2.27. The molecule has 0 saturated heterocycles. The number of hydrogen-bond donors (Lipinski definition) is 2. The van der Waals surface area contributed by atoms with Crippen LogP contribution in [0.5, 0.6) is 0 Å². The molecule has 1 atom stereocenters. The molecule has 0 aliphatic heterocycles. The van der Waals surface area contributed by atoms with Gasteiger partial charge in [0.15, 0.2) is 0 Å². The van der Waals surface area contributed by atoms with Gasteiger partial charge in [-0.1, -0.05) is 11.6 Å². The summed E-state index contributed by atoms with van der Waals surface area (Å²) in [6, 6.07) is 2.83. The first kappa shape index (κ1) is 14.7. The van der Waals surface area contributed by atoms with E-state index in [4.69, 9.17) is 26.2 Å². The van der Waals surface area contributed by atoms with E-state index in [1.54, 1.807) is 14.2 Å². The lowest BCUT2D eigenvalue weighted by molar-refractivity contribution is 0.0365. The number of anilines is 1. The topological polar surface area (TPSA) is 80.7 Å². The SMILES string of the molecule is COCC(CNc1nc(Cl)ccc1C(=O)O)OC. The molecule has 0 saturated carbocycles. The van der Waals surface area contributed by atoms with Crippen LogP contribution in [0.25, 0.3) is 0 Å². The predicted octanol–water partition coefficient (Wildman–Crippen LogP) is 1.51. The number of rotatable bonds is 7. The molecule has 0 bridgehead atoms. The Morgan fingerprint density at radius 3 is 2.83 bits per heavy atom. The monoisotopic (exact) mass is 274 g/mol. The van der Waals surface area contributed by atoms with Gasteiger partial charge in [-0.15, -0.1) is 0 Å². The molecule has 1 unspecified atom stereocenters. The minimum Gasteiger partial charge on any atom is -0.478 e. The Morgan fingerprint density at radius 1 is 1.56 bits per heavy atom. The predicted molar refractivity (Wildman–Crippen MR) is 67.4 cm³/mol. The average molecular weight is 275 g/mol. The highest BCUT2D eigenvalue weighted by Gasteiger charge is 2.14. The molecule has 0 aliphatic rings. The minimum absolute atomic E-state index is 0.0617. The van der Waals surface area contributed by atoms with E-state index in [0.717, 1.165) is 0 Å². The first-order valence-corrected chi connectivity index (χ1v) is 5.61. The quantitative estimate of drug-likeness (QED) is 0.734. The van der Waals surface area contributed by atoms with Gasteiger partial charge in [0.1, 0.15) is 16.5 Å². The van der Waals surface area contributed by atoms with E-state index >= 15 is 0 Å². The van der Waals surface area contributed by atoms with E-state index in [1.807, 2.05) is 0 Å². The van der Waals surface area contributed by atoms with Crippen LogP contribution in [0.15, 0.2) is 12.1 Å². The van der Waals surface area contributed by atoms with Crippen molar-refractivity contribution in [2.75, 3.05) is 32.7 Å². The molecule has 6 nitrogen and oxygen atoms in total. The van der Waals surface area contributed by atoms with Crippen LogP contribution in [-0.2, 0) is 9.47 Å². The molecule has 1 rings (SSSR count). The van der Waals surface area contributed by atoms with Gasteiger partial charge in [-0.25, -0.2) is 9.78 Å². The van der Waals surface area contributed by atoms with E-state index < -0.39 is 5.97 Å². The van der Waals surface area contributed by atoms with E-state index in [-0.39, 0.29) is 22.6 Å². The number of aromatic nitrogens is 1. The lowest BCUT2D eigenvalue weighted by atomic mass is 10.2. The van der Waals surface area contributed by atoms with Gasteiger partial charge in [0, 0.05) is 20.8 Å². The van der Waals surface area contributed by atoms with Crippen molar-refractivity contribution in [1.29, 1.82) is 0 Å². The van der Waals surface area contributed by atoms with Crippen molar-refractivity contribution >= 4 is 23.4 Å². The first-order valence-electron chi connectivity index (χ1n) is 5.24. The molecule has 0 aromatic carbocycles. The van der Waals surface area contributed by atoms with Crippen LogP contribution < -0.4 is 5.32 Å². The lowest BCUT2D eigenvalue weighted by Crippen LogP contribution is -2.27. The maximum Gasteiger partial charge on any atom is 0.339 e. The molecule has 1 aromatic heterocycles. The Hall–Kier alpha value is -1.37. The molecule has 18 heavy (non-hydrogen) atoms. The van der Waals surface area contributed by atoms with Crippen molar-refractivity contribution in [3.05, 3.63) is 22.8 Å². The maximum atomic E-state index is 11.0. The van der Waals surface area contributed by atoms with E-state index in [9.17, 15) is 4.79 Å². The molecule has 2 N–H and O–H groups in total. The number of aromatic carboxylic acids is 1. The summed E-state index contributed by atoms with van der Waals surface area (Å²) in [4.78, 5) is 14.9. The third kappa shape index (κ3) is 4.14. The Kier molecular flexibility index (Phi) is 5.84. The van der Waals surface area contributed by atoms with Crippen LogP contribution in [0.2, 0.25) is 5.15 Å². The van der Waals surface area contributed by atoms with Crippen LogP contribution in [-0.4, -0.2) is 49.5 Å². The molecular formula is C11H15ClN2O4. The van der Waals surface area contributed by atoms with Gasteiger partial charge in [-0.05, 0) is 12.1 Å². The van der Waals surface area contributed by atoms with Crippen LogP contribution in [0, 0.1) is 0 Å². The zero-order chi connectivity index (χ0) is 13.5. The zero-order valence-electron chi connectivity index (χ0n) is 10.1. The number of nitrogens with zero attached hydrogens (tertiary/aromatic N) is 1. The van der Waals surface area contributed by atoms with Crippen molar-refractivity contribution in [3.8, 4) is 0 Å². The number of methoxy groups -OCH3 is 2. The Morgan fingerprint density at radius 2 is 2.28 bits per heavy atom. The van der Waals surface area contributed by atoms with Gasteiger partial charge < -0.3 is 19.9 Å². The smallest absolute Gasteiger partial charge is 0.339 e. The van der Waals surface area contributed by atoms with Gasteiger partial charge in [-0.2, -0.15) is 0 Å². The number of carboxylic acid groups (broad SMARTS) is 1. The number of ether oxygens (including phenoxy) is 2. The number of carbonyl (C=O) groups is 1. The van der Waals surface area contributed by atoms with E-state index in [1.165, 1.54) is 12.1 Å². The van der Waals surface area contributed by atoms with Crippen LogP contribution >= 0.6 is 11.6 Å². The molecule has 1 aromatic rings. The largest absolute Gasteiger partial charge is 0.478 e. The fourth-order valence-corrected chi connectivity index (χ4v) is 1.50. The molecule has 0 aliphatic carbocycles. The zero-order valence-corrected chi connectivity index (χ0v) is 10.9. The Bertz CT molecular complexity index is 414. The Labute approximate surface area is 110 Å². The van der Waals surface area contributed by atoms with Crippen LogP contribution in [0.4, 0.5) is 5.82 Å². The van der Waals surface area contributed by atoms with Crippen LogP contribution in [0.1, 0.15) is 10.4 Å². The first-order chi connectivity index (χ1) is 8.58. The molecule has 0 fully saturated rings. The summed E-state index contributed by atoms with van der Waals surface area (Å²) in [6.45, 7) is 0.768. The second-order valence-electron chi connectivity index (χ2n) is 3.53. The molecule has 1 heterocycles. The standard InChI is InChI=1S/C11H15ClN2O4/c1-17-6-7(18-2)5-13-10-8(11(15)16)3-4-9(12)14-10/h3-4,7H,5-6H2,1-2H3,(H,13,14)(H,15,16). The normalized spacial score (nSPS) is 12.2. The molecule has 0 radical (unpaired) electrons. The van der Waals surface area contributed by atoms with Crippen molar-refractivity contribution < 1.29 is 19.4 Å². The Balaban J connectivity index is 2.76. The molecule has 0 spiro atoms. The summed E-state index contributed by atoms with van der Waals surface area (Å²) in [7, 11) is 3.11. The van der Waals surface area contributed by atoms with Gasteiger partial charge in [0.2, 0.25) is 0 Å². The third-order valence-corrected chi connectivity index (χ3v) is 2.49. The number of pyridine rings is 1. The highest BCUT2D eigenvalue weighted by Crippen LogP contribution is 2.16. The second-order valence-corrected chi connectivity index (χ2v) is 3.92. The molecule has 100 valence electrons. The maximum absolute atomic E-state index is 11.0. The van der Waals surface area contributed by atoms with Crippen molar-refractivity contribution in [1.82, 2.24) is 4.98 Å². The summed E-state index contributed by atoms with van der Waals surface area (Å²) in [5.74, 6) is -0.851. The van der Waals surface area contributed by atoms with Crippen molar-refractivity contribution in [2.24, 2.45) is 0 Å².